The van der Waals surface area contributed by atoms with Gasteiger partial charge in [-0.3, -0.25) is 4.79 Å². The molecule has 0 radical (unpaired) electrons. The van der Waals surface area contributed by atoms with E-state index in [-0.39, 0.29) is 6.61 Å². The summed E-state index contributed by atoms with van der Waals surface area (Å²) in [7, 11) is 0. The Kier molecular flexibility index (Phi) is 38.4. The lowest BCUT2D eigenvalue weighted by Crippen LogP contribution is -2.66. The second-order valence-corrected chi connectivity index (χ2v) is 22.3. The van der Waals surface area contributed by atoms with Crippen LogP contribution in [0.15, 0.2) is 12.2 Å². The van der Waals surface area contributed by atoms with Gasteiger partial charge in [0.25, 0.3) is 0 Å². The van der Waals surface area contributed by atoms with Gasteiger partial charge in [0, 0.05) is 6.92 Å². The molecule has 0 aromatic carbocycles. The van der Waals surface area contributed by atoms with Gasteiger partial charge in [0.05, 0.1) is 38.6 Å². The van der Waals surface area contributed by atoms with E-state index in [1.165, 1.54) is 187 Å². The number of hydrogen-bond donors (Lipinski definition) is 12. The fourth-order valence-electron chi connectivity index (χ4n) is 10.7. The number of amides is 1. The second kappa shape index (κ2) is 42.4. The quantitative estimate of drug-likeness (QED) is 0.0269. The zero-order valence-electron chi connectivity index (χ0n) is 47.2. The molecule has 3 aliphatic heterocycles. The van der Waals surface area contributed by atoms with E-state index in [2.05, 4.69) is 12.2 Å². The Morgan fingerprint density at radius 1 is 0.455 bits per heavy atom. The number of rotatable bonds is 45. The lowest BCUT2D eigenvalue weighted by Gasteiger charge is -2.48. The van der Waals surface area contributed by atoms with Gasteiger partial charge in [-0.2, -0.15) is 0 Å². The maximum absolute atomic E-state index is 12.1. The van der Waals surface area contributed by atoms with Gasteiger partial charge in [-0.25, -0.2) is 0 Å². The molecule has 454 valence electrons. The molecule has 3 saturated heterocycles. The van der Waals surface area contributed by atoms with Gasteiger partial charge in [-0.15, -0.1) is 0 Å². The summed E-state index contributed by atoms with van der Waals surface area (Å²) in [6.07, 6.45) is 19.5. The molecule has 77 heavy (non-hydrogen) atoms. The molecule has 19 nitrogen and oxygen atoms in total. The largest absolute Gasteiger partial charge is 0.394 e. The van der Waals surface area contributed by atoms with E-state index in [4.69, 9.17) is 28.4 Å². The number of aliphatic hydroxyl groups excluding tert-OH is 11. The predicted octanol–water partition coefficient (Wildman–Crippen LogP) is 5.38. The first-order chi connectivity index (χ1) is 37.3. The van der Waals surface area contributed by atoms with E-state index in [9.17, 15) is 61.0 Å². The zero-order chi connectivity index (χ0) is 56.2. The van der Waals surface area contributed by atoms with E-state index < -0.39 is 130 Å². The molecular weight excluding hydrogens is 999 g/mol. The van der Waals surface area contributed by atoms with Gasteiger partial charge in [0.15, 0.2) is 18.9 Å². The van der Waals surface area contributed by atoms with Crippen LogP contribution in [0, 0.1) is 0 Å². The van der Waals surface area contributed by atoms with Crippen molar-refractivity contribution in [3.63, 3.8) is 0 Å². The van der Waals surface area contributed by atoms with E-state index in [0.717, 1.165) is 25.7 Å². The highest BCUT2D eigenvalue weighted by Crippen LogP contribution is 2.33. The van der Waals surface area contributed by atoms with Crippen LogP contribution in [0.25, 0.3) is 0 Å². The lowest BCUT2D eigenvalue weighted by atomic mass is 9.96. The molecule has 17 atom stereocenters. The van der Waals surface area contributed by atoms with E-state index in [1.54, 1.807) is 6.08 Å². The summed E-state index contributed by atoms with van der Waals surface area (Å²) in [5, 5.41) is 118. The summed E-state index contributed by atoms with van der Waals surface area (Å²) < 4.78 is 33.7. The third-order valence-electron chi connectivity index (χ3n) is 15.6. The summed E-state index contributed by atoms with van der Waals surface area (Å²) in [6.45, 7) is 0.778. The molecular formula is C58H109NO18. The molecule has 1 amide bonds. The summed E-state index contributed by atoms with van der Waals surface area (Å²) in [5.74, 6) is -0.450. The smallest absolute Gasteiger partial charge is 0.217 e. The standard InChI is InChI=1S/C58H109NO18/c1-3-4-5-6-7-8-9-10-11-12-13-14-15-16-17-18-19-20-21-22-23-24-25-26-27-28-29-30-31-32-33-34-35-36-43(64)42(59-41(2)63)40-72-56-52(70)49(67)54(45(38-61)74-56)77-58-53(71)50(68)55(46(39-62)75-58)76-57-51(69)48(66)47(65)44(37-60)73-57/h35-36,42-58,60-62,64-71H,3-34,37-40H2,1-2H3,(H,59,63)/b36-35+. The maximum atomic E-state index is 12.1. The monoisotopic (exact) mass is 1110 g/mol. The minimum absolute atomic E-state index is 0.368. The van der Waals surface area contributed by atoms with Gasteiger partial charge in [0.1, 0.15) is 73.2 Å². The molecule has 0 bridgehead atoms. The minimum atomic E-state index is -1.97. The van der Waals surface area contributed by atoms with E-state index in [0.29, 0.717) is 0 Å². The third kappa shape index (κ3) is 27.0. The number of carbonyl (C=O) groups excluding carboxylic acids is 1. The topological polar surface area (TPSA) is 307 Å². The van der Waals surface area contributed by atoms with Crippen LogP contribution in [0.1, 0.15) is 219 Å². The van der Waals surface area contributed by atoms with Crippen LogP contribution in [0.4, 0.5) is 0 Å². The molecule has 17 unspecified atom stereocenters. The van der Waals surface area contributed by atoms with Crippen molar-refractivity contribution in [1.29, 1.82) is 0 Å². The number of allylic oxidation sites excluding steroid dienone is 1. The highest BCUT2D eigenvalue weighted by Gasteiger charge is 2.53. The van der Waals surface area contributed by atoms with Gasteiger partial charge >= 0.3 is 0 Å². The number of ether oxygens (including phenoxy) is 6. The number of aliphatic hydroxyl groups is 11. The molecule has 3 aliphatic rings. The van der Waals surface area contributed by atoms with Crippen LogP contribution in [-0.4, -0.2) is 193 Å². The first kappa shape index (κ1) is 69.8. The average molecular weight is 1110 g/mol. The molecule has 0 spiro atoms. The molecule has 0 saturated carbocycles. The molecule has 12 N–H and O–H groups in total. The molecule has 3 heterocycles. The first-order valence-corrected chi connectivity index (χ1v) is 30.4. The van der Waals surface area contributed by atoms with Gasteiger partial charge in [-0.05, 0) is 12.8 Å². The third-order valence-corrected chi connectivity index (χ3v) is 15.6. The molecule has 0 aliphatic carbocycles. The zero-order valence-corrected chi connectivity index (χ0v) is 47.2. The Morgan fingerprint density at radius 2 is 0.779 bits per heavy atom. The van der Waals surface area contributed by atoms with E-state index >= 15 is 0 Å². The van der Waals surface area contributed by atoms with Crippen molar-refractivity contribution in [3.8, 4) is 0 Å². The Hall–Kier alpha value is -1.47. The van der Waals surface area contributed by atoms with Crippen molar-refractivity contribution in [1.82, 2.24) is 5.32 Å². The predicted molar refractivity (Wildman–Crippen MR) is 291 cm³/mol. The van der Waals surface area contributed by atoms with Crippen LogP contribution >= 0.6 is 0 Å². The molecule has 0 aromatic heterocycles. The molecule has 3 rings (SSSR count). The Labute approximate surface area is 461 Å². The molecule has 0 aromatic rings. The summed E-state index contributed by atoms with van der Waals surface area (Å²) in [6, 6.07) is -0.970. The van der Waals surface area contributed by atoms with Crippen molar-refractivity contribution in [2.45, 2.75) is 324 Å². The number of nitrogens with one attached hydrogen (secondary N) is 1. The SMILES string of the molecule is CCCCCCCCCCCCCCCCCCCCCCCCCCCCCCCCC/C=C/C(O)C(COC1OC(CO)C(OC2OC(CO)C(OC3OC(CO)C(O)C(O)C3O)C(O)C2O)C(O)C1O)NC(C)=O. The second-order valence-electron chi connectivity index (χ2n) is 22.3. The van der Waals surface area contributed by atoms with Crippen molar-refractivity contribution in [2.75, 3.05) is 26.4 Å². The van der Waals surface area contributed by atoms with E-state index in [1.807, 2.05) is 6.08 Å². The van der Waals surface area contributed by atoms with Crippen LogP contribution < -0.4 is 5.32 Å². The Bertz CT molecular complexity index is 1460. The summed E-state index contributed by atoms with van der Waals surface area (Å²) >= 11 is 0. The van der Waals surface area contributed by atoms with Crippen molar-refractivity contribution in [2.24, 2.45) is 0 Å². The highest BCUT2D eigenvalue weighted by atomic mass is 16.8. The normalized spacial score (nSPS) is 30.7. The van der Waals surface area contributed by atoms with Crippen LogP contribution in [0.3, 0.4) is 0 Å². The number of carbonyl (C=O) groups is 1. The van der Waals surface area contributed by atoms with Gasteiger partial charge < -0.3 is 89.9 Å². The summed E-state index contributed by atoms with van der Waals surface area (Å²) in [5.41, 5.74) is 0. The van der Waals surface area contributed by atoms with Crippen molar-refractivity contribution >= 4 is 5.91 Å². The molecule has 19 heteroatoms. The van der Waals surface area contributed by atoms with Gasteiger partial charge in [0.2, 0.25) is 5.91 Å². The number of unbranched alkanes of at least 4 members (excludes halogenated alkanes) is 31. The average Bonchev–Trinajstić information content (AvgIpc) is 3.43. The molecule has 3 fully saturated rings. The highest BCUT2D eigenvalue weighted by molar-refractivity contribution is 5.73. The Morgan fingerprint density at radius 3 is 1.14 bits per heavy atom. The maximum Gasteiger partial charge on any atom is 0.217 e. The van der Waals surface area contributed by atoms with Gasteiger partial charge in [-0.1, -0.05) is 212 Å². The summed E-state index contributed by atoms with van der Waals surface area (Å²) in [4.78, 5) is 12.1. The van der Waals surface area contributed by atoms with Crippen LogP contribution in [0.5, 0.6) is 0 Å². The fraction of sp³-hybridized carbons (Fsp3) is 0.948. The lowest BCUT2D eigenvalue weighted by molar-refractivity contribution is -0.379. The van der Waals surface area contributed by atoms with Crippen LogP contribution in [0.2, 0.25) is 0 Å². The van der Waals surface area contributed by atoms with Crippen molar-refractivity contribution in [3.05, 3.63) is 12.2 Å². The fourth-order valence-corrected chi connectivity index (χ4v) is 10.7. The minimum Gasteiger partial charge on any atom is -0.394 e. The number of hydrogen-bond acceptors (Lipinski definition) is 18. The van der Waals surface area contributed by atoms with Crippen molar-refractivity contribution < 1.29 is 89.4 Å². The van der Waals surface area contributed by atoms with Crippen LogP contribution in [-0.2, 0) is 33.2 Å². The first-order valence-electron chi connectivity index (χ1n) is 30.4. The Balaban J connectivity index is 1.21.